The van der Waals surface area contributed by atoms with Crippen molar-refractivity contribution in [2.45, 2.75) is 39.0 Å². The van der Waals surface area contributed by atoms with E-state index in [9.17, 15) is 0 Å². The van der Waals surface area contributed by atoms with E-state index in [1.165, 1.54) is 0 Å². The first kappa shape index (κ1) is 28.8. The van der Waals surface area contributed by atoms with Crippen molar-refractivity contribution in [2.24, 2.45) is 42.9 Å². The Balaban J connectivity index is 3.97. The Labute approximate surface area is 190 Å². The van der Waals surface area contributed by atoms with E-state index in [1.807, 2.05) is 7.05 Å². The molecule has 0 bridgehead atoms. The highest BCUT2D eigenvalue weighted by atomic mass is 15.2. The maximum atomic E-state index is 7.74. The molecule has 0 aromatic rings. The van der Waals surface area contributed by atoms with Crippen LogP contribution in [-0.4, -0.2) is 87.0 Å². The van der Waals surface area contributed by atoms with Gasteiger partial charge in [0.1, 0.15) is 0 Å². The number of aliphatic imine (C=N–C) groups is 4. The zero-order valence-corrected chi connectivity index (χ0v) is 19.6. The van der Waals surface area contributed by atoms with Gasteiger partial charge in [-0.2, -0.15) is 0 Å². The van der Waals surface area contributed by atoms with Crippen molar-refractivity contribution in [3.63, 3.8) is 0 Å². The molecular weight excluding hydrogens is 410 g/mol. The molecule has 0 rings (SSSR count). The van der Waals surface area contributed by atoms with E-state index in [0.717, 1.165) is 25.9 Å². The molecule has 0 aliphatic heterocycles. The van der Waals surface area contributed by atoms with E-state index in [4.69, 9.17) is 33.8 Å². The van der Waals surface area contributed by atoms with Crippen LogP contribution in [0.4, 0.5) is 0 Å². The molecule has 0 spiro atoms. The largest absolute Gasteiger partial charge is 0.370 e. The fourth-order valence-corrected chi connectivity index (χ4v) is 2.53. The molecule has 182 valence electrons. The van der Waals surface area contributed by atoms with Crippen LogP contribution in [0.1, 0.15) is 39.0 Å². The first-order valence-electron chi connectivity index (χ1n) is 10.6. The number of nitrogens with one attached hydrogen (secondary N) is 4. The SMILES string of the molecule is CN=C(N)NC(N)=NCCCN(C)CCCN=C(N)NC(N)=NCCCC(=N)CC(C)=N. The highest BCUT2D eigenvalue weighted by molar-refractivity contribution is 6.00. The number of nitrogens with zero attached hydrogens (tertiary/aromatic N) is 5. The molecule has 0 saturated carbocycles. The van der Waals surface area contributed by atoms with E-state index in [2.05, 4.69) is 35.5 Å². The summed E-state index contributed by atoms with van der Waals surface area (Å²) in [4.78, 5) is 18.5. The second kappa shape index (κ2) is 17.5. The summed E-state index contributed by atoms with van der Waals surface area (Å²) in [5.41, 5.74) is 23.8. The maximum Gasteiger partial charge on any atom is 0.195 e. The van der Waals surface area contributed by atoms with Crippen LogP contribution in [0.3, 0.4) is 0 Å². The second-order valence-corrected chi connectivity index (χ2v) is 7.33. The minimum atomic E-state index is 0.208. The van der Waals surface area contributed by atoms with Gasteiger partial charge >= 0.3 is 0 Å². The number of hydrogen-bond acceptors (Lipinski definition) is 7. The van der Waals surface area contributed by atoms with Crippen molar-refractivity contribution < 1.29 is 0 Å². The van der Waals surface area contributed by atoms with Crippen molar-refractivity contribution in [3.05, 3.63) is 0 Å². The van der Waals surface area contributed by atoms with E-state index < -0.39 is 0 Å². The number of hydrogen-bond donors (Lipinski definition) is 8. The Morgan fingerprint density at radius 1 is 0.781 bits per heavy atom. The lowest BCUT2D eigenvalue weighted by molar-refractivity contribution is 0.329. The quantitative estimate of drug-likeness (QED) is 0.0931. The summed E-state index contributed by atoms with van der Waals surface area (Å²) in [5, 5.41) is 20.6. The smallest absolute Gasteiger partial charge is 0.195 e. The summed E-state index contributed by atoms with van der Waals surface area (Å²) in [6.07, 6.45) is 3.43. The molecule has 13 heteroatoms. The van der Waals surface area contributed by atoms with E-state index in [1.54, 1.807) is 14.0 Å². The van der Waals surface area contributed by atoms with Gasteiger partial charge in [-0.05, 0) is 52.7 Å². The average Bonchev–Trinajstić information content (AvgIpc) is 2.71. The van der Waals surface area contributed by atoms with Crippen LogP contribution in [0.2, 0.25) is 0 Å². The molecule has 0 aliphatic rings. The van der Waals surface area contributed by atoms with Crippen molar-refractivity contribution in [3.8, 4) is 0 Å². The van der Waals surface area contributed by atoms with Crippen molar-refractivity contribution >= 4 is 35.3 Å². The van der Waals surface area contributed by atoms with Crippen LogP contribution in [0.25, 0.3) is 0 Å². The Morgan fingerprint density at radius 3 is 1.66 bits per heavy atom. The summed E-state index contributed by atoms with van der Waals surface area (Å²) in [6, 6.07) is 0. The van der Waals surface area contributed by atoms with Crippen LogP contribution < -0.4 is 33.6 Å². The third kappa shape index (κ3) is 17.6. The number of guanidine groups is 4. The summed E-state index contributed by atoms with van der Waals surface area (Å²) < 4.78 is 0. The topological polar surface area (TPSA) is 229 Å². The fourth-order valence-electron chi connectivity index (χ4n) is 2.53. The van der Waals surface area contributed by atoms with Crippen LogP contribution in [0.15, 0.2) is 20.0 Å². The lowest BCUT2D eigenvalue weighted by atomic mass is 10.1. The zero-order chi connectivity index (χ0) is 24.4. The van der Waals surface area contributed by atoms with Crippen molar-refractivity contribution in [1.82, 2.24) is 15.5 Å². The molecule has 0 aliphatic carbocycles. The molecule has 0 amide bonds. The molecule has 32 heavy (non-hydrogen) atoms. The van der Waals surface area contributed by atoms with Crippen molar-refractivity contribution in [2.75, 3.05) is 46.8 Å². The molecule has 0 radical (unpaired) electrons. The number of rotatable bonds is 14. The molecule has 13 nitrogen and oxygen atoms in total. The van der Waals surface area contributed by atoms with Gasteiger partial charge in [0.05, 0.1) is 0 Å². The van der Waals surface area contributed by atoms with E-state index in [-0.39, 0.29) is 23.8 Å². The summed E-state index contributed by atoms with van der Waals surface area (Å²) >= 11 is 0. The first-order chi connectivity index (χ1) is 15.1. The molecule has 12 N–H and O–H groups in total. The Bertz CT molecular complexity index is 693. The third-order valence-corrected chi connectivity index (χ3v) is 4.11. The molecule has 0 atom stereocenters. The van der Waals surface area contributed by atoms with Gasteiger partial charge in [0.25, 0.3) is 0 Å². The molecule has 0 saturated heterocycles. The Morgan fingerprint density at radius 2 is 1.22 bits per heavy atom. The van der Waals surface area contributed by atoms with E-state index in [0.29, 0.717) is 50.3 Å². The van der Waals surface area contributed by atoms with Gasteiger partial charge in [0.15, 0.2) is 23.8 Å². The van der Waals surface area contributed by atoms with Gasteiger partial charge in [-0.3, -0.25) is 30.6 Å². The fraction of sp³-hybridized carbons (Fsp3) is 0.684. The highest BCUT2D eigenvalue weighted by Gasteiger charge is 2.01. The monoisotopic (exact) mass is 451 g/mol. The Hall–Kier alpha value is -3.22. The predicted molar refractivity (Wildman–Crippen MR) is 135 cm³/mol. The molecule has 0 unspecified atom stereocenters. The van der Waals surface area contributed by atoms with Crippen LogP contribution in [-0.2, 0) is 0 Å². The van der Waals surface area contributed by atoms with Gasteiger partial charge in [-0.15, -0.1) is 0 Å². The van der Waals surface area contributed by atoms with Crippen LogP contribution >= 0.6 is 0 Å². The minimum Gasteiger partial charge on any atom is -0.370 e. The van der Waals surface area contributed by atoms with Gasteiger partial charge in [-0.1, -0.05) is 0 Å². The number of nitrogens with two attached hydrogens (primary N) is 4. The summed E-state index contributed by atoms with van der Waals surface area (Å²) in [7, 11) is 3.60. The zero-order valence-electron chi connectivity index (χ0n) is 19.6. The molecule has 0 aromatic carbocycles. The second-order valence-electron chi connectivity index (χ2n) is 7.33. The highest BCUT2D eigenvalue weighted by Crippen LogP contribution is 1.97. The van der Waals surface area contributed by atoms with Gasteiger partial charge in [0, 0.05) is 44.5 Å². The maximum absolute atomic E-state index is 7.74. The molecule has 0 fully saturated rings. The minimum absolute atomic E-state index is 0.208. The van der Waals surface area contributed by atoms with Gasteiger partial charge in [0.2, 0.25) is 0 Å². The lowest BCUT2D eigenvalue weighted by Gasteiger charge is -2.15. The molecule has 0 aromatic heterocycles. The summed E-state index contributed by atoms with van der Waals surface area (Å²) in [6.45, 7) is 5.10. The standard InChI is InChI=1S/C19H41N13/c1-14(20)13-15(21)7-4-8-27-18(24)31-19(25)29-10-6-12-32(3)11-5-9-28-17(23)30-16(22)26-2/h20-21H,4-13H2,1-3H3,(H5,22,23,26,28,30)(H5,24,25,27,29,31). The average molecular weight is 452 g/mol. The van der Waals surface area contributed by atoms with Crippen LogP contribution in [0, 0.1) is 10.8 Å². The lowest BCUT2D eigenvalue weighted by Crippen LogP contribution is -2.41. The Kier molecular flexibility index (Phi) is 15.7. The van der Waals surface area contributed by atoms with Gasteiger partial charge < -0.3 is 38.7 Å². The third-order valence-electron chi connectivity index (χ3n) is 4.11. The predicted octanol–water partition coefficient (Wildman–Crippen LogP) is -1.00. The van der Waals surface area contributed by atoms with Crippen LogP contribution in [0.5, 0.6) is 0 Å². The first-order valence-corrected chi connectivity index (χ1v) is 10.6. The van der Waals surface area contributed by atoms with Gasteiger partial charge in [-0.25, -0.2) is 0 Å². The molecule has 0 heterocycles. The van der Waals surface area contributed by atoms with E-state index >= 15 is 0 Å². The summed E-state index contributed by atoms with van der Waals surface area (Å²) in [5.74, 6) is 0.929. The van der Waals surface area contributed by atoms with Crippen molar-refractivity contribution in [1.29, 1.82) is 10.8 Å². The normalized spacial score (nSPS) is 13.4. The molecular formula is C19H41N13.